The summed E-state index contributed by atoms with van der Waals surface area (Å²) in [6, 6.07) is 10.6. The predicted molar refractivity (Wildman–Crippen MR) is 85.6 cm³/mol. The molecule has 0 saturated heterocycles. The van der Waals surface area contributed by atoms with E-state index in [-0.39, 0.29) is 18.7 Å². The Morgan fingerprint density at radius 1 is 1.13 bits per heavy atom. The Morgan fingerprint density at radius 3 is 2.43 bits per heavy atom. The van der Waals surface area contributed by atoms with Gasteiger partial charge < -0.3 is 15.2 Å². The van der Waals surface area contributed by atoms with Crippen LogP contribution in [0.2, 0.25) is 0 Å². The SMILES string of the molecule is CCC(NC(C)CO)c1ccc(F)c(Oc2ccccc2)c1F. The molecule has 124 valence electrons. The number of hydrogen-bond acceptors (Lipinski definition) is 3. The maximum Gasteiger partial charge on any atom is 0.198 e. The lowest BCUT2D eigenvalue weighted by Crippen LogP contribution is -2.33. The Bertz CT molecular complexity index is 634. The van der Waals surface area contributed by atoms with Gasteiger partial charge in [0.2, 0.25) is 0 Å². The number of halogens is 2. The fourth-order valence-electron chi connectivity index (χ4n) is 2.34. The first-order chi connectivity index (χ1) is 11.1. The number of benzene rings is 2. The summed E-state index contributed by atoms with van der Waals surface area (Å²) < 4.78 is 34.1. The number of hydrogen-bond donors (Lipinski definition) is 2. The molecule has 2 aromatic carbocycles. The molecule has 0 aromatic heterocycles. The van der Waals surface area contributed by atoms with Gasteiger partial charge >= 0.3 is 0 Å². The number of rotatable bonds is 7. The number of aliphatic hydroxyl groups is 1. The third kappa shape index (κ3) is 4.27. The lowest BCUT2D eigenvalue weighted by Gasteiger charge is -2.22. The van der Waals surface area contributed by atoms with Crippen LogP contribution < -0.4 is 10.1 Å². The van der Waals surface area contributed by atoms with E-state index in [1.807, 2.05) is 6.92 Å². The lowest BCUT2D eigenvalue weighted by molar-refractivity contribution is 0.238. The van der Waals surface area contributed by atoms with Crippen molar-refractivity contribution in [1.82, 2.24) is 5.32 Å². The molecule has 0 saturated carbocycles. The maximum atomic E-state index is 14.7. The fraction of sp³-hybridized carbons (Fsp3) is 0.333. The van der Waals surface area contributed by atoms with Crippen LogP contribution >= 0.6 is 0 Å². The van der Waals surface area contributed by atoms with Crippen molar-refractivity contribution in [3.63, 3.8) is 0 Å². The molecule has 0 aliphatic rings. The predicted octanol–water partition coefficient (Wildman–Crippen LogP) is 4.18. The van der Waals surface area contributed by atoms with Crippen molar-refractivity contribution in [2.45, 2.75) is 32.4 Å². The molecule has 0 bridgehead atoms. The van der Waals surface area contributed by atoms with E-state index in [9.17, 15) is 8.78 Å². The minimum atomic E-state index is -0.750. The van der Waals surface area contributed by atoms with Crippen LogP contribution in [0.25, 0.3) is 0 Å². The van der Waals surface area contributed by atoms with E-state index in [0.717, 1.165) is 0 Å². The van der Waals surface area contributed by atoms with E-state index < -0.39 is 17.4 Å². The third-order valence-corrected chi connectivity index (χ3v) is 3.59. The molecule has 2 unspecified atom stereocenters. The molecular weight excluding hydrogens is 300 g/mol. The van der Waals surface area contributed by atoms with Crippen LogP contribution in [0.4, 0.5) is 8.78 Å². The van der Waals surface area contributed by atoms with Gasteiger partial charge in [-0.25, -0.2) is 8.78 Å². The van der Waals surface area contributed by atoms with Gasteiger partial charge in [-0.1, -0.05) is 31.2 Å². The molecule has 0 aliphatic carbocycles. The van der Waals surface area contributed by atoms with Crippen LogP contribution in [0.15, 0.2) is 42.5 Å². The van der Waals surface area contributed by atoms with Crippen molar-refractivity contribution >= 4 is 0 Å². The molecule has 0 spiro atoms. The highest BCUT2D eigenvalue weighted by Crippen LogP contribution is 2.33. The van der Waals surface area contributed by atoms with Crippen molar-refractivity contribution in [1.29, 1.82) is 0 Å². The molecule has 2 rings (SSSR count). The Balaban J connectivity index is 2.33. The highest BCUT2D eigenvalue weighted by atomic mass is 19.1. The zero-order chi connectivity index (χ0) is 16.8. The maximum absolute atomic E-state index is 14.7. The molecule has 23 heavy (non-hydrogen) atoms. The molecule has 0 fully saturated rings. The Labute approximate surface area is 134 Å². The molecule has 2 aromatic rings. The van der Waals surface area contributed by atoms with Crippen molar-refractivity contribution < 1.29 is 18.6 Å². The summed E-state index contributed by atoms with van der Waals surface area (Å²) in [4.78, 5) is 0. The summed E-state index contributed by atoms with van der Waals surface area (Å²) in [5, 5.41) is 12.3. The van der Waals surface area contributed by atoms with Crippen molar-refractivity contribution in [2.75, 3.05) is 6.61 Å². The summed E-state index contributed by atoms with van der Waals surface area (Å²) in [6.07, 6.45) is 0.595. The highest BCUT2D eigenvalue weighted by molar-refractivity contribution is 5.38. The molecule has 0 amide bonds. The minimum Gasteiger partial charge on any atom is -0.451 e. The molecule has 0 aliphatic heterocycles. The first-order valence-corrected chi connectivity index (χ1v) is 7.64. The van der Waals surface area contributed by atoms with Gasteiger partial charge in [-0.15, -0.1) is 0 Å². The van der Waals surface area contributed by atoms with Gasteiger partial charge in [-0.2, -0.15) is 0 Å². The monoisotopic (exact) mass is 321 g/mol. The van der Waals surface area contributed by atoms with Gasteiger partial charge in [-0.3, -0.25) is 0 Å². The minimum absolute atomic E-state index is 0.0628. The second kappa shape index (κ2) is 8.04. The summed E-state index contributed by atoms with van der Waals surface area (Å²) in [6.45, 7) is 3.63. The molecule has 0 heterocycles. The average Bonchev–Trinajstić information content (AvgIpc) is 2.57. The van der Waals surface area contributed by atoms with Crippen molar-refractivity contribution in [3.05, 3.63) is 59.7 Å². The lowest BCUT2D eigenvalue weighted by atomic mass is 10.0. The summed E-state index contributed by atoms with van der Waals surface area (Å²) in [5.74, 6) is -1.52. The molecule has 2 atom stereocenters. The fourth-order valence-corrected chi connectivity index (χ4v) is 2.34. The van der Waals surface area contributed by atoms with Crippen LogP contribution in [-0.4, -0.2) is 17.8 Å². The first kappa shape index (κ1) is 17.4. The Hall–Kier alpha value is -1.98. The second-order valence-corrected chi connectivity index (χ2v) is 5.41. The molecule has 2 N–H and O–H groups in total. The standard InChI is InChI=1S/C18H21F2NO2/c1-3-16(21-12(2)11-22)14-9-10-15(19)18(17(14)20)23-13-7-5-4-6-8-13/h4-10,12,16,21-22H,3,11H2,1-2H3. The number of para-hydroxylation sites is 1. The van der Waals surface area contributed by atoms with Gasteiger partial charge in [-0.05, 0) is 31.5 Å². The van der Waals surface area contributed by atoms with E-state index in [0.29, 0.717) is 17.7 Å². The van der Waals surface area contributed by atoms with Crippen LogP contribution in [0.1, 0.15) is 31.9 Å². The zero-order valence-corrected chi connectivity index (χ0v) is 13.2. The van der Waals surface area contributed by atoms with Gasteiger partial charge in [0, 0.05) is 17.6 Å². The van der Waals surface area contributed by atoms with E-state index in [2.05, 4.69) is 5.32 Å². The van der Waals surface area contributed by atoms with Crippen molar-refractivity contribution in [3.8, 4) is 11.5 Å². The quantitative estimate of drug-likeness (QED) is 0.804. The van der Waals surface area contributed by atoms with Gasteiger partial charge in [0.05, 0.1) is 6.61 Å². The Morgan fingerprint density at radius 2 is 1.83 bits per heavy atom. The average molecular weight is 321 g/mol. The van der Waals surface area contributed by atoms with Crippen LogP contribution in [0.5, 0.6) is 11.5 Å². The van der Waals surface area contributed by atoms with E-state index in [1.165, 1.54) is 12.1 Å². The summed E-state index contributed by atoms with van der Waals surface area (Å²) >= 11 is 0. The molecular formula is C18H21F2NO2. The number of ether oxygens (including phenoxy) is 1. The Kier molecular flexibility index (Phi) is 6.07. The molecule has 3 nitrogen and oxygen atoms in total. The highest BCUT2D eigenvalue weighted by Gasteiger charge is 2.22. The summed E-state index contributed by atoms with van der Waals surface area (Å²) in [5.41, 5.74) is 0.320. The van der Waals surface area contributed by atoms with Gasteiger partial charge in [0.15, 0.2) is 17.4 Å². The van der Waals surface area contributed by atoms with E-state index in [1.54, 1.807) is 37.3 Å². The van der Waals surface area contributed by atoms with Gasteiger partial charge in [0.25, 0.3) is 0 Å². The topological polar surface area (TPSA) is 41.5 Å². The second-order valence-electron chi connectivity index (χ2n) is 5.41. The van der Waals surface area contributed by atoms with Crippen LogP contribution in [-0.2, 0) is 0 Å². The van der Waals surface area contributed by atoms with Crippen LogP contribution in [0.3, 0.4) is 0 Å². The smallest absolute Gasteiger partial charge is 0.198 e. The van der Waals surface area contributed by atoms with Gasteiger partial charge in [0.1, 0.15) is 5.75 Å². The molecule has 5 heteroatoms. The molecule has 0 radical (unpaired) electrons. The van der Waals surface area contributed by atoms with Crippen LogP contribution in [0, 0.1) is 11.6 Å². The third-order valence-electron chi connectivity index (χ3n) is 3.59. The normalized spacial score (nSPS) is 13.6. The first-order valence-electron chi connectivity index (χ1n) is 7.64. The zero-order valence-electron chi connectivity index (χ0n) is 13.2. The number of nitrogens with one attached hydrogen (secondary N) is 1. The summed E-state index contributed by atoms with van der Waals surface area (Å²) in [7, 11) is 0. The number of aliphatic hydroxyl groups excluding tert-OH is 1. The largest absolute Gasteiger partial charge is 0.451 e. The van der Waals surface area contributed by atoms with Crippen molar-refractivity contribution in [2.24, 2.45) is 0 Å². The van der Waals surface area contributed by atoms with E-state index >= 15 is 0 Å². The van der Waals surface area contributed by atoms with E-state index in [4.69, 9.17) is 9.84 Å².